The lowest BCUT2D eigenvalue weighted by molar-refractivity contribution is -0.0400. The molecule has 0 amide bonds. The molecule has 0 unspecified atom stereocenters. The standard InChI is InChI=1S/C15H28O2/c1-7-10-14(3,4)17-13-9-11-15(5,6)16-12-8-2/h7-8H,1-2,9-13H2,3-6H3. The van der Waals surface area contributed by atoms with Gasteiger partial charge < -0.3 is 9.47 Å². The Balaban J connectivity index is 3.76. The second-order valence-corrected chi connectivity index (χ2v) is 5.56. The van der Waals surface area contributed by atoms with E-state index in [9.17, 15) is 0 Å². The average Bonchev–Trinajstić information content (AvgIpc) is 2.22. The fourth-order valence-corrected chi connectivity index (χ4v) is 1.61. The summed E-state index contributed by atoms with van der Waals surface area (Å²) in [6.07, 6.45) is 6.56. The predicted molar refractivity (Wildman–Crippen MR) is 74.3 cm³/mol. The van der Waals surface area contributed by atoms with Crippen molar-refractivity contribution in [1.29, 1.82) is 0 Å². The Labute approximate surface area is 107 Å². The predicted octanol–water partition coefficient (Wildman–Crippen LogP) is 4.12. The molecule has 0 fully saturated rings. The molecule has 0 aliphatic heterocycles. The van der Waals surface area contributed by atoms with Gasteiger partial charge in [0.05, 0.1) is 17.8 Å². The monoisotopic (exact) mass is 240 g/mol. The van der Waals surface area contributed by atoms with Gasteiger partial charge in [-0.2, -0.15) is 0 Å². The summed E-state index contributed by atoms with van der Waals surface area (Å²) in [7, 11) is 0. The fourth-order valence-electron chi connectivity index (χ4n) is 1.61. The molecule has 0 heterocycles. The van der Waals surface area contributed by atoms with Crippen molar-refractivity contribution in [3.8, 4) is 0 Å². The molecule has 0 rings (SSSR count). The highest BCUT2D eigenvalue weighted by atomic mass is 16.5. The number of ether oxygens (including phenoxy) is 2. The van der Waals surface area contributed by atoms with Crippen LogP contribution < -0.4 is 0 Å². The first-order chi connectivity index (χ1) is 7.83. The molecule has 0 aromatic heterocycles. The van der Waals surface area contributed by atoms with Crippen molar-refractivity contribution in [2.24, 2.45) is 0 Å². The first-order valence-electron chi connectivity index (χ1n) is 6.33. The molecule has 0 saturated heterocycles. The van der Waals surface area contributed by atoms with Gasteiger partial charge in [0.1, 0.15) is 0 Å². The van der Waals surface area contributed by atoms with E-state index < -0.39 is 0 Å². The van der Waals surface area contributed by atoms with Gasteiger partial charge in [-0.25, -0.2) is 0 Å². The maximum atomic E-state index is 5.82. The topological polar surface area (TPSA) is 18.5 Å². The Morgan fingerprint density at radius 3 is 2.12 bits per heavy atom. The van der Waals surface area contributed by atoms with Crippen LogP contribution in [0.3, 0.4) is 0 Å². The maximum absolute atomic E-state index is 5.82. The highest BCUT2D eigenvalue weighted by Crippen LogP contribution is 2.19. The quantitative estimate of drug-likeness (QED) is 0.422. The number of rotatable bonds is 10. The summed E-state index contributed by atoms with van der Waals surface area (Å²) in [5.74, 6) is 0. The van der Waals surface area contributed by atoms with Gasteiger partial charge in [0, 0.05) is 6.61 Å². The normalized spacial score (nSPS) is 12.5. The molecule has 0 spiro atoms. The van der Waals surface area contributed by atoms with E-state index in [1.54, 1.807) is 6.08 Å². The molecule has 0 saturated carbocycles. The Hall–Kier alpha value is -0.600. The zero-order chi connectivity index (χ0) is 13.4. The Kier molecular flexibility index (Phi) is 7.40. The van der Waals surface area contributed by atoms with Crippen LogP contribution in [0.25, 0.3) is 0 Å². The van der Waals surface area contributed by atoms with E-state index in [1.807, 2.05) is 6.08 Å². The van der Waals surface area contributed by atoms with Crippen molar-refractivity contribution in [3.05, 3.63) is 25.3 Å². The highest BCUT2D eigenvalue weighted by molar-refractivity contribution is 4.80. The van der Waals surface area contributed by atoms with Crippen LogP contribution in [0, 0.1) is 0 Å². The lowest BCUT2D eigenvalue weighted by Gasteiger charge is -2.27. The lowest BCUT2D eigenvalue weighted by Crippen LogP contribution is -2.27. The zero-order valence-electron chi connectivity index (χ0n) is 11.9. The van der Waals surface area contributed by atoms with E-state index in [1.165, 1.54) is 0 Å². The summed E-state index contributed by atoms with van der Waals surface area (Å²) < 4.78 is 11.5. The molecular formula is C15H28O2. The van der Waals surface area contributed by atoms with Gasteiger partial charge in [0.25, 0.3) is 0 Å². The molecule has 0 aliphatic carbocycles. The van der Waals surface area contributed by atoms with Crippen molar-refractivity contribution in [2.45, 2.75) is 58.2 Å². The van der Waals surface area contributed by atoms with Gasteiger partial charge in [-0.05, 0) is 47.0 Å². The Morgan fingerprint density at radius 2 is 1.59 bits per heavy atom. The molecule has 0 aromatic rings. The zero-order valence-corrected chi connectivity index (χ0v) is 11.9. The highest BCUT2D eigenvalue weighted by Gasteiger charge is 2.19. The van der Waals surface area contributed by atoms with Crippen LogP contribution in [0.2, 0.25) is 0 Å². The van der Waals surface area contributed by atoms with Crippen molar-refractivity contribution in [2.75, 3.05) is 13.2 Å². The lowest BCUT2D eigenvalue weighted by atomic mass is 10.0. The van der Waals surface area contributed by atoms with Gasteiger partial charge in [-0.1, -0.05) is 12.2 Å². The molecule has 0 N–H and O–H groups in total. The average molecular weight is 240 g/mol. The third kappa shape index (κ3) is 9.13. The third-order valence-electron chi connectivity index (χ3n) is 2.64. The molecule has 0 radical (unpaired) electrons. The Morgan fingerprint density at radius 1 is 0.941 bits per heavy atom. The van der Waals surface area contributed by atoms with Crippen LogP contribution in [0.1, 0.15) is 47.0 Å². The molecular weight excluding hydrogens is 212 g/mol. The molecule has 2 heteroatoms. The largest absolute Gasteiger partial charge is 0.375 e. The van der Waals surface area contributed by atoms with Gasteiger partial charge >= 0.3 is 0 Å². The van der Waals surface area contributed by atoms with Crippen molar-refractivity contribution in [3.63, 3.8) is 0 Å². The van der Waals surface area contributed by atoms with Crippen LogP contribution >= 0.6 is 0 Å². The summed E-state index contributed by atoms with van der Waals surface area (Å²) in [4.78, 5) is 0. The van der Waals surface area contributed by atoms with E-state index in [0.29, 0.717) is 6.61 Å². The van der Waals surface area contributed by atoms with Gasteiger partial charge in [0.15, 0.2) is 0 Å². The smallest absolute Gasteiger partial charge is 0.0660 e. The summed E-state index contributed by atoms with van der Waals surface area (Å²) >= 11 is 0. The summed E-state index contributed by atoms with van der Waals surface area (Å²) in [6, 6.07) is 0. The minimum Gasteiger partial charge on any atom is -0.375 e. The molecule has 0 bridgehead atoms. The van der Waals surface area contributed by atoms with E-state index in [4.69, 9.17) is 9.47 Å². The summed E-state index contributed by atoms with van der Waals surface area (Å²) in [5, 5.41) is 0. The summed E-state index contributed by atoms with van der Waals surface area (Å²) in [5.41, 5.74) is -0.200. The van der Waals surface area contributed by atoms with Crippen molar-refractivity contribution in [1.82, 2.24) is 0 Å². The first-order valence-corrected chi connectivity index (χ1v) is 6.33. The van der Waals surface area contributed by atoms with Crippen LogP contribution in [-0.2, 0) is 9.47 Å². The van der Waals surface area contributed by atoms with Crippen LogP contribution in [0.15, 0.2) is 25.3 Å². The van der Waals surface area contributed by atoms with Crippen molar-refractivity contribution < 1.29 is 9.47 Å². The van der Waals surface area contributed by atoms with Gasteiger partial charge in [0.2, 0.25) is 0 Å². The SMILES string of the molecule is C=CCOC(C)(C)CCCOC(C)(C)CC=C. The van der Waals surface area contributed by atoms with E-state index >= 15 is 0 Å². The van der Waals surface area contributed by atoms with Crippen LogP contribution in [0.5, 0.6) is 0 Å². The second kappa shape index (κ2) is 7.67. The molecule has 17 heavy (non-hydrogen) atoms. The van der Waals surface area contributed by atoms with Crippen LogP contribution in [-0.4, -0.2) is 24.4 Å². The Bertz CT molecular complexity index is 229. The van der Waals surface area contributed by atoms with Crippen molar-refractivity contribution >= 4 is 0 Å². The first kappa shape index (κ1) is 16.4. The second-order valence-electron chi connectivity index (χ2n) is 5.56. The molecule has 0 aliphatic rings. The minimum atomic E-state index is -0.103. The number of hydrogen-bond acceptors (Lipinski definition) is 2. The molecule has 100 valence electrons. The third-order valence-corrected chi connectivity index (χ3v) is 2.64. The van der Waals surface area contributed by atoms with Gasteiger partial charge in [-0.15, -0.1) is 13.2 Å². The van der Waals surface area contributed by atoms with Gasteiger partial charge in [-0.3, -0.25) is 0 Å². The molecule has 0 aromatic carbocycles. The maximum Gasteiger partial charge on any atom is 0.0660 e. The van der Waals surface area contributed by atoms with Crippen LogP contribution in [0.4, 0.5) is 0 Å². The molecule has 2 nitrogen and oxygen atoms in total. The fraction of sp³-hybridized carbons (Fsp3) is 0.733. The van der Waals surface area contributed by atoms with E-state index in [-0.39, 0.29) is 11.2 Å². The molecule has 0 atom stereocenters. The minimum absolute atomic E-state index is 0.0971. The number of hydrogen-bond donors (Lipinski definition) is 0. The summed E-state index contributed by atoms with van der Waals surface area (Å²) in [6.45, 7) is 17.2. The van der Waals surface area contributed by atoms with E-state index in [0.717, 1.165) is 25.9 Å². The van der Waals surface area contributed by atoms with E-state index in [2.05, 4.69) is 40.9 Å².